The zero-order valence-corrected chi connectivity index (χ0v) is 12.6. The Morgan fingerprint density at radius 3 is 2.11 bits per heavy atom. The monoisotopic (exact) mass is 248 g/mol. The average Bonchev–Trinajstić information content (AvgIpc) is 2.34. The van der Waals surface area contributed by atoms with E-state index in [0.717, 1.165) is 6.42 Å². The van der Waals surface area contributed by atoms with Crippen LogP contribution in [0.1, 0.15) is 78.1 Å². The first-order valence-corrected chi connectivity index (χ1v) is 7.71. The molecule has 0 saturated carbocycles. The van der Waals surface area contributed by atoms with Gasteiger partial charge in [-0.05, 0) is 45.4 Å². The normalized spacial score (nSPS) is 11.7. The third kappa shape index (κ3) is 15.2. The molecule has 0 atom stereocenters. The Kier molecular flexibility index (Phi) is 13.7. The number of rotatable bonds is 12. The van der Waals surface area contributed by atoms with E-state index in [0.29, 0.717) is 0 Å². The van der Waals surface area contributed by atoms with Crippen molar-refractivity contribution in [3.63, 3.8) is 0 Å². The van der Waals surface area contributed by atoms with Gasteiger partial charge in [0.1, 0.15) is 0 Å². The van der Waals surface area contributed by atoms with Gasteiger partial charge in [-0.1, -0.05) is 62.5 Å². The minimum Gasteiger partial charge on any atom is -0.100 e. The molecule has 0 aromatic heterocycles. The van der Waals surface area contributed by atoms with Crippen molar-refractivity contribution in [1.29, 1.82) is 0 Å². The lowest BCUT2D eigenvalue weighted by Crippen LogP contribution is -1.80. The Morgan fingerprint density at radius 1 is 0.833 bits per heavy atom. The summed E-state index contributed by atoms with van der Waals surface area (Å²) in [5.41, 5.74) is 1.33. The van der Waals surface area contributed by atoms with E-state index in [1.54, 1.807) is 0 Å². The lowest BCUT2D eigenvalue weighted by Gasteiger charge is -2.00. The summed E-state index contributed by atoms with van der Waals surface area (Å²) < 4.78 is 0. The molecule has 0 N–H and O–H groups in total. The smallest absolute Gasteiger partial charge is 0.0169 e. The number of allylic oxidation sites excluding steroid dienone is 5. The first-order valence-electron chi connectivity index (χ1n) is 7.71. The van der Waals surface area contributed by atoms with Crippen molar-refractivity contribution in [2.75, 3.05) is 0 Å². The second kappa shape index (κ2) is 14.3. The molecule has 0 saturated heterocycles. The Labute approximate surface area is 115 Å². The number of unbranched alkanes of at least 4 members (excludes halogenated alkanes) is 6. The van der Waals surface area contributed by atoms with Crippen molar-refractivity contribution in [2.45, 2.75) is 78.1 Å². The number of hydrogen-bond acceptors (Lipinski definition) is 0. The van der Waals surface area contributed by atoms with Crippen LogP contribution in [0.15, 0.2) is 36.5 Å². The molecule has 0 rings (SSSR count). The van der Waals surface area contributed by atoms with Gasteiger partial charge < -0.3 is 0 Å². The quantitative estimate of drug-likeness (QED) is 0.270. The van der Waals surface area contributed by atoms with Gasteiger partial charge >= 0.3 is 0 Å². The van der Waals surface area contributed by atoms with E-state index in [9.17, 15) is 0 Å². The van der Waals surface area contributed by atoms with Gasteiger partial charge in [-0.3, -0.25) is 0 Å². The van der Waals surface area contributed by atoms with Gasteiger partial charge in [-0.25, -0.2) is 0 Å². The molecular weight excluding hydrogens is 216 g/mol. The molecule has 0 radical (unpaired) electrons. The standard InChI is InChI=1S/C18H32/c1-4-5-6-7-8-9-10-11-12-13-14-15-16-17-18(2)3/h6-7,9-10H,2,4-5,8,11-17H2,1,3H3/b7-6+,10-9-. The van der Waals surface area contributed by atoms with Crippen molar-refractivity contribution in [3.05, 3.63) is 36.5 Å². The van der Waals surface area contributed by atoms with Crippen LogP contribution >= 0.6 is 0 Å². The van der Waals surface area contributed by atoms with Gasteiger partial charge in [-0.15, -0.1) is 6.58 Å². The highest BCUT2D eigenvalue weighted by molar-refractivity contribution is 4.92. The van der Waals surface area contributed by atoms with Crippen LogP contribution in [-0.4, -0.2) is 0 Å². The predicted molar refractivity (Wildman–Crippen MR) is 84.9 cm³/mol. The Morgan fingerprint density at radius 2 is 1.44 bits per heavy atom. The zero-order chi connectivity index (χ0) is 13.5. The van der Waals surface area contributed by atoms with Gasteiger partial charge in [0, 0.05) is 0 Å². The molecule has 0 aliphatic heterocycles. The van der Waals surface area contributed by atoms with Crippen LogP contribution < -0.4 is 0 Å². The lowest BCUT2D eigenvalue weighted by atomic mass is 10.1. The molecule has 0 heterocycles. The maximum Gasteiger partial charge on any atom is -0.0169 e. The summed E-state index contributed by atoms with van der Waals surface area (Å²) in [6, 6.07) is 0. The summed E-state index contributed by atoms with van der Waals surface area (Å²) >= 11 is 0. The highest BCUT2D eigenvalue weighted by Gasteiger charge is 1.90. The molecule has 104 valence electrons. The molecule has 0 heteroatoms. The van der Waals surface area contributed by atoms with Gasteiger partial charge in [0.05, 0.1) is 0 Å². The summed E-state index contributed by atoms with van der Waals surface area (Å²) in [5.74, 6) is 0. The van der Waals surface area contributed by atoms with Crippen molar-refractivity contribution < 1.29 is 0 Å². The van der Waals surface area contributed by atoms with E-state index >= 15 is 0 Å². The molecule has 0 nitrogen and oxygen atoms in total. The molecule has 0 amide bonds. The molecule has 0 aromatic rings. The van der Waals surface area contributed by atoms with Crippen LogP contribution in [-0.2, 0) is 0 Å². The summed E-state index contributed by atoms with van der Waals surface area (Å²) in [6.07, 6.45) is 22.1. The van der Waals surface area contributed by atoms with E-state index in [4.69, 9.17) is 0 Å². The molecule has 0 unspecified atom stereocenters. The summed E-state index contributed by atoms with van der Waals surface area (Å²) in [5, 5.41) is 0. The first kappa shape index (κ1) is 17.2. The average molecular weight is 248 g/mol. The Balaban J connectivity index is 3.15. The van der Waals surface area contributed by atoms with Gasteiger partial charge in [0.15, 0.2) is 0 Å². The largest absolute Gasteiger partial charge is 0.100 e. The van der Waals surface area contributed by atoms with E-state index in [1.165, 1.54) is 63.4 Å². The predicted octanol–water partition coefficient (Wildman–Crippen LogP) is 6.60. The van der Waals surface area contributed by atoms with Crippen LogP contribution in [0, 0.1) is 0 Å². The summed E-state index contributed by atoms with van der Waals surface area (Å²) in [6.45, 7) is 8.28. The molecule has 18 heavy (non-hydrogen) atoms. The molecule has 0 fully saturated rings. The highest BCUT2D eigenvalue weighted by Crippen LogP contribution is 2.10. The highest BCUT2D eigenvalue weighted by atomic mass is 14.0. The zero-order valence-electron chi connectivity index (χ0n) is 12.6. The Bertz CT molecular complexity index is 232. The van der Waals surface area contributed by atoms with E-state index in [-0.39, 0.29) is 0 Å². The van der Waals surface area contributed by atoms with E-state index < -0.39 is 0 Å². The minimum atomic E-state index is 1.11. The molecule has 0 aliphatic rings. The maximum absolute atomic E-state index is 3.93. The summed E-state index contributed by atoms with van der Waals surface area (Å²) in [7, 11) is 0. The van der Waals surface area contributed by atoms with Gasteiger partial charge in [0.25, 0.3) is 0 Å². The van der Waals surface area contributed by atoms with Crippen molar-refractivity contribution in [3.8, 4) is 0 Å². The minimum absolute atomic E-state index is 1.11. The van der Waals surface area contributed by atoms with E-state index in [2.05, 4.69) is 44.7 Å². The van der Waals surface area contributed by atoms with Crippen molar-refractivity contribution in [1.82, 2.24) is 0 Å². The third-order valence-electron chi connectivity index (χ3n) is 3.04. The molecule has 0 bridgehead atoms. The molecule has 0 aliphatic carbocycles. The fraction of sp³-hybridized carbons (Fsp3) is 0.667. The summed E-state index contributed by atoms with van der Waals surface area (Å²) in [4.78, 5) is 0. The Hall–Kier alpha value is -0.780. The molecule has 0 spiro atoms. The van der Waals surface area contributed by atoms with Crippen LogP contribution in [0.2, 0.25) is 0 Å². The van der Waals surface area contributed by atoms with Crippen LogP contribution in [0.25, 0.3) is 0 Å². The fourth-order valence-electron chi connectivity index (χ4n) is 1.89. The molecular formula is C18H32. The second-order valence-electron chi connectivity index (χ2n) is 5.23. The van der Waals surface area contributed by atoms with Gasteiger partial charge in [0.2, 0.25) is 0 Å². The van der Waals surface area contributed by atoms with Crippen LogP contribution in [0.5, 0.6) is 0 Å². The van der Waals surface area contributed by atoms with Crippen LogP contribution in [0.4, 0.5) is 0 Å². The lowest BCUT2D eigenvalue weighted by molar-refractivity contribution is 0.616. The van der Waals surface area contributed by atoms with Crippen molar-refractivity contribution in [2.24, 2.45) is 0 Å². The maximum atomic E-state index is 3.93. The molecule has 0 aromatic carbocycles. The number of hydrogen-bond donors (Lipinski definition) is 0. The first-order chi connectivity index (χ1) is 8.77. The topological polar surface area (TPSA) is 0 Å². The van der Waals surface area contributed by atoms with Gasteiger partial charge in [-0.2, -0.15) is 0 Å². The second-order valence-corrected chi connectivity index (χ2v) is 5.23. The third-order valence-corrected chi connectivity index (χ3v) is 3.04. The van der Waals surface area contributed by atoms with Crippen molar-refractivity contribution >= 4 is 0 Å². The van der Waals surface area contributed by atoms with E-state index in [1.807, 2.05) is 0 Å². The SMILES string of the molecule is C=C(C)CCCCCCC/C=C\C/C=C/CCC. The van der Waals surface area contributed by atoms with Crippen LogP contribution in [0.3, 0.4) is 0 Å². The fourth-order valence-corrected chi connectivity index (χ4v) is 1.89.